The molecular weight excluding hydrogens is 264 g/mol. The van der Waals surface area contributed by atoms with Gasteiger partial charge in [0.2, 0.25) is 5.91 Å². The molecule has 2 atom stereocenters. The fourth-order valence-corrected chi connectivity index (χ4v) is 2.47. The van der Waals surface area contributed by atoms with E-state index in [0.29, 0.717) is 24.7 Å². The van der Waals surface area contributed by atoms with Crippen LogP contribution in [0.15, 0.2) is 24.3 Å². The maximum atomic E-state index is 12.5. The average Bonchev–Trinajstić information content (AvgIpc) is 2.84. The highest BCUT2D eigenvalue weighted by molar-refractivity contribution is 6.30. The van der Waals surface area contributed by atoms with Crippen LogP contribution in [0.4, 0.5) is 0 Å². The minimum absolute atomic E-state index is 0.0766. The fourth-order valence-electron chi connectivity index (χ4n) is 2.27. The Labute approximate surface area is 118 Å². The summed E-state index contributed by atoms with van der Waals surface area (Å²) in [5.74, 6) is -0.0857. The van der Waals surface area contributed by atoms with Gasteiger partial charge in [0.1, 0.15) is 5.54 Å². The molecule has 4 nitrogen and oxygen atoms in total. The van der Waals surface area contributed by atoms with Crippen molar-refractivity contribution in [1.82, 2.24) is 4.90 Å². The van der Waals surface area contributed by atoms with Crippen molar-refractivity contribution in [3.63, 3.8) is 0 Å². The van der Waals surface area contributed by atoms with Crippen LogP contribution in [0.25, 0.3) is 0 Å². The molecule has 0 aromatic heterocycles. The molecule has 0 bridgehead atoms. The monoisotopic (exact) mass is 282 g/mol. The van der Waals surface area contributed by atoms with Gasteiger partial charge in [0, 0.05) is 18.7 Å². The van der Waals surface area contributed by atoms with Crippen molar-refractivity contribution in [2.24, 2.45) is 5.73 Å². The average molecular weight is 283 g/mol. The van der Waals surface area contributed by atoms with Crippen LogP contribution in [-0.4, -0.2) is 36.6 Å². The Morgan fingerprint density at radius 1 is 1.58 bits per heavy atom. The molecule has 0 aliphatic carbocycles. The Hall–Kier alpha value is -1.10. The highest BCUT2D eigenvalue weighted by Crippen LogP contribution is 2.26. The van der Waals surface area contributed by atoms with Crippen LogP contribution in [-0.2, 0) is 9.53 Å². The number of halogens is 1. The molecule has 0 radical (unpaired) electrons. The molecule has 2 unspecified atom stereocenters. The quantitative estimate of drug-likeness (QED) is 0.922. The first-order valence-electron chi connectivity index (χ1n) is 6.33. The lowest BCUT2D eigenvalue weighted by Crippen LogP contribution is -2.55. The first kappa shape index (κ1) is 14.3. The highest BCUT2D eigenvalue weighted by Gasteiger charge is 2.41. The minimum Gasteiger partial charge on any atom is -0.379 e. The number of carbonyl (C=O) groups is 1. The summed E-state index contributed by atoms with van der Waals surface area (Å²) in [4.78, 5) is 14.1. The van der Waals surface area contributed by atoms with Gasteiger partial charge < -0.3 is 15.4 Å². The second-order valence-corrected chi connectivity index (χ2v) is 5.54. The molecule has 1 aromatic carbocycles. The van der Waals surface area contributed by atoms with E-state index in [4.69, 9.17) is 22.1 Å². The van der Waals surface area contributed by atoms with Crippen LogP contribution in [0.3, 0.4) is 0 Å². The van der Waals surface area contributed by atoms with Crippen LogP contribution < -0.4 is 5.73 Å². The predicted octanol–water partition coefficient (Wildman–Crippen LogP) is 1.98. The van der Waals surface area contributed by atoms with Crippen molar-refractivity contribution in [3.05, 3.63) is 34.9 Å². The number of nitrogens with zero attached hydrogens (tertiary/aromatic N) is 1. The zero-order valence-electron chi connectivity index (χ0n) is 11.2. The van der Waals surface area contributed by atoms with Gasteiger partial charge in [0.05, 0.1) is 12.6 Å². The van der Waals surface area contributed by atoms with Gasteiger partial charge >= 0.3 is 0 Å². The Morgan fingerprint density at radius 3 is 2.89 bits per heavy atom. The van der Waals surface area contributed by atoms with Crippen molar-refractivity contribution < 1.29 is 9.53 Å². The van der Waals surface area contributed by atoms with Crippen molar-refractivity contribution >= 4 is 17.5 Å². The van der Waals surface area contributed by atoms with E-state index in [1.165, 1.54) is 0 Å². The lowest BCUT2D eigenvalue weighted by Gasteiger charge is -2.32. The SMILES string of the molecule is CC(c1cccc(Cl)c1)N(C)C(=O)C1(N)CCOC1. The third kappa shape index (κ3) is 2.91. The smallest absolute Gasteiger partial charge is 0.245 e. The number of nitrogens with two attached hydrogens (primary N) is 1. The van der Waals surface area contributed by atoms with E-state index in [-0.39, 0.29) is 11.9 Å². The van der Waals surface area contributed by atoms with Crippen molar-refractivity contribution in [3.8, 4) is 0 Å². The topological polar surface area (TPSA) is 55.6 Å². The van der Waals surface area contributed by atoms with Gasteiger partial charge in [-0.15, -0.1) is 0 Å². The van der Waals surface area contributed by atoms with Gasteiger partial charge in [0.15, 0.2) is 0 Å². The van der Waals surface area contributed by atoms with E-state index in [2.05, 4.69) is 0 Å². The first-order valence-corrected chi connectivity index (χ1v) is 6.71. The second-order valence-electron chi connectivity index (χ2n) is 5.11. The Bertz CT molecular complexity index is 472. The number of amides is 1. The fraction of sp³-hybridized carbons (Fsp3) is 0.500. The number of ether oxygens (including phenoxy) is 1. The molecule has 1 amide bonds. The van der Waals surface area contributed by atoms with Gasteiger partial charge in [-0.1, -0.05) is 23.7 Å². The largest absolute Gasteiger partial charge is 0.379 e. The van der Waals surface area contributed by atoms with E-state index >= 15 is 0 Å². The third-order valence-corrected chi connectivity index (χ3v) is 3.95. The standard InChI is InChI=1S/C14H19ClN2O2/c1-10(11-4-3-5-12(15)8-11)17(2)13(18)14(16)6-7-19-9-14/h3-5,8,10H,6-7,9,16H2,1-2H3. The van der Waals surface area contributed by atoms with E-state index in [1.807, 2.05) is 31.2 Å². The maximum absolute atomic E-state index is 12.5. The molecule has 1 aromatic rings. The molecule has 1 aliphatic rings. The van der Waals surface area contributed by atoms with Gasteiger partial charge in [0.25, 0.3) is 0 Å². The summed E-state index contributed by atoms with van der Waals surface area (Å²) in [6.45, 7) is 2.79. The molecule has 1 aliphatic heterocycles. The lowest BCUT2D eigenvalue weighted by molar-refractivity contribution is -0.137. The summed E-state index contributed by atoms with van der Waals surface area (Å²) >= 11 is 5.98. The summed E-state index contributed by atoms with van der Waals surface area (Å²) < 4.78 is 5.24. The van der Waals surface area contributed by atoms with Gasteiger partial charge in [-0.05, 0) is 31.0 Å². The Kier molecular flexibility index (Phi) is 4.13. The number of hydrogen-bond acceptors (Lipinski definition) is 3. The summed E-state index contributed by atoms with van der Waals surface area (Å²) in [6.07, 6.45) is 0.568. The molecule has 19 heavy (non-hydrogen) atoms. The molecule has 0 spiro atoms. The van der Waals surface area contributed by atoms with Crippen molar-refractivity contribution in [2.75, 3.05) is 20.3 Å². The predicted molar refractivity (Wildman–Crippen MR) is 75.0 cm³/mol. The number of rotatable bonds is 3. The Morgan fingerprint density at radius 2 is 2.32 bits per heavy atom. The number of carbonyl (C=O) groups excluding carboxylic acids is 1. The molecular formula is C14H19ClN2O2. The Balaban J connectivity index is 2.15. The zero-order valence-corrected chi connectivity index (χ0v) is 12.0. The molecule has 5 heteroatoms. The number of likely N-dealkylation sites (N-methyl/N-ethyl adjacent to an activating group) is 1. The number of hydrogen-bond donors (Lipinski definition) is 1. The third-order valence-electron chi connectivity index (χ3n) is 3.71. The van der Waals surface area contributed by atoms with Gasteiger partial charge in [-0.3, -0.25) is 4.79 Å². The highest BCUT2D eigenvalue weighted by atomic mass is 35.5. The molecule has 2 rings (SSSR count). The molecule has 2 N–H and O–H groups in total. The summed E-state index contributed by atoms with van der Waals surface area (Å²) in [7, 11) is 1.76. The van der Waals surface area contributed by atoms with E-state index in [1.54, 1.807) is 11.9 Å². The normalized spacial score (nSPS) is 24.2. The molecule has 1 saturated heterocycles. The lowest BCUT2D eigenvalue weighted by atomic mass is 9.96. The summed E-state index contributed by atoms with van der Waals surface area (Å²) in [5.41, 5.74) is 6.21. The summed E-state index contributed by atoms with van der Waals surface area (Å²) in [5, 5.41) is 0.664. The van der Waals surface area contributed by atoms with E-state index < -0.39 is 5.54 Å². The minimum atomic E-state index is -0.887. The van der Waals surface area contributed by atoms with Crippen LogP contribution in [0.5, 0.6) is 0 Å². The van der Waals surface area contributed by atoms with Crippen molar-refractivity contribution in [2.45, 2.75) is 24.9 Å². The number of benzene rings is 1. The molecule has 104 valence electrons. The molecule has 0 saturated carbocycles. The van der Waals surface area contributed by atoms with Crippen LogP contribution >= 0.6 is 11.6 Å². The molecule has 1 heterocycles. The van der Waals surface area contributed by atoms with E-state index in [0.717, 1.165) is 5.56 Å². The zero-order chi connectivity index (χ0) is 14.0. The van der Waals surface area contributed by atoms with Crippen LogP contribution in [0.2, 0.25) is 5.02 Å². The van der Waals surface area contributed by atoms with Crippen LogP contribution in [0.1, 0.15) is 24.9 Å². The van der Waals surface area contributed by atoms with E-state index in [9.17, 15) is 4.79 Å². The van der Waals surface area contributed by atoms with Crippen molar-refractivity contribution in [1.29, 1.82) is 0 Å². The van der Waals surface area contributed by atoms with Gasteiger partial charge in [-0.25, -0.2) is 0 Å². The van der Waals surface area contributed by atoms with Crippen LogP contribution in [0, 0.1) is 0 Å². The summed E-state index contributed by atoms with van der Waals surface area (Å²) in [6, 6.07) is 7.43. The first-order chi connectivity index (χ1) is 8.94. The maximum Gasteiger partial charge on any atom is 0.245 e. The van der Waals surface area contributed by atoms with Gasteiger partial charge in [-0.2, -0.15) is 0 Å². The molecule has 1 fully saturated rings. The second kappa shape index (κ2) is 5.49.